The molecule has 0 unspecified atom stereocenters. The fourth-order valence-electron chi connectivity index (χ4n) is 3.14. The highest BCUT2D eigenvalue weighted by molar-refractivity contribution is 5.78. The molecule has 6 heteroatoms. The van der Waals surface area contributed by atoms with Gasteiger partial charge in [-0.25, -0.2) is 0 Å². The van der Waals surface area contributed by atoms with Crippen LogP contribution < -0.4 is 10.1 Å². The average Bonchev–Trinajstić information content (AvgIpc) is 3.04. The number of benzene rings is 1. The van der Waals surface area contributed by atoms with Gasteiger partial charge in [0.25, 0.3) is 0 Å². The first-order valence-electron chi connectivity index (χ1n) is 8.10. The van der Waals surface area contributed by atoms with Gasteiger partial charge in [-0.05, 0) is 6.07 Å². The van der Waals surface area contributed by atoms with Crippen LogP contribution in [0.5, 0.6) is 5.75 Å². The van der Waals surface area contributed by atoms with E-state index in [4.69, 9.17) is 14.2 Å². The van der Waals surface area contributed by atoms with E-state index in [1.165, 1.54) is 0 Å². The molecule has 2 fully saturated rings. The van der Waals surface area contributed by atoms with Gasteiger partial charge in [0.15, 0.2) is 5.79 Å². The van der Waals surface area contributed by atoms with Crippen molar-refractivity contribution in [3.63, 3.8) is 0 Å². The van der Waals surface area contributed by atoms with Gasteiger partial charge in [-0.15, -0.1) is 0 Å². The van der Waals surface area contributed by atoms with Crippen LogP contribution in [0, 0.1) is 0 Å². The number of amides is 1. The third kappa shape index (κ3) is 4.02. The highest BCUT2D eigenvalue weighted by Gasteiger charge is 2.39. The van der Waals surface area contributed by atoms with Gasteiger partial charge in [0.05, 0.1) is 26.9 Å². The van der Waals surface area contributed by atoms with Crippen molar-refractivity contribution in [2.45, 2.75) is 25.2 Å². The molecule has 0 atom stereocenters. The number of rotatable bonds is 5. The maximum Gasteiger partial charge on any atom is 0.234 e. The van der Waals surface area contributed by atoms with Crippen molar-refractivity contribution in [3.8, 4) is 5.75 Å². The SMILES string of the molecule is COc1ccccc1CNC(=O)CN1CCC2(CC1)OCCO2. The van der Waals surface area contributed by atoms with Crippen molar-refractivity contribution in [1.82, 2.24) is 10.2 Å². The molecule has 0 aliphatic carbocycles. The summed E-state index contributed by atoms with van der Waals surface area (Å²) in [5, 5.41) is 2.96. The van der Waals surface area contributed by atoms with Crippen molar-refractivity contribution in [1.29, 1.82) is 0 Å². The van der Waals surface area contributed by atoms with E-state index in [-0.39, 0.29) is 11.7 Å². The van der Waals surface area contributed by atoms with Crippen molar-refractivity contribution in [3.05, 3.63) is 29.8 Å². The maximum absolute atomic E-state index is 12.1. The van der Waals surface area contributed by atoms with Crippen LogP contribution in [0.3, 0.4) is 0 Å². The van der Waals surface area contributed by atoms with Crippen LogP contribution in [0.2, 0.25) is 0 Å². The van der Waals surface area contributed by atoms with E-state index in [0.29, 0.717) is 26.3 Å². The predicted molar refractivity (Wildman–Crippen MR) is 85.1 cm³/mol. The molecule has 126 valence electrons. The number of piperidine rings is 1. The zero-order valence-electron chi connectivity index (χ0n) is 13.5. The predicted octanol–water partition coefficient (Wildman–Crippen LogP) is 1.15. The molecule has 1 N–H and O–H groups in total. The number of para-hydroxylation sites is 1. The third-order valence-electron chi connectivity index (χ3n) is 4.47. The number of ether oxygens (including phenoxy) is 3. The number of carbonyl (C=O) groups excluding carboxylic acids is 1. The maximum atomic E-state index is 12.1. The van der Waals surface area contributed by atoms with E-state index < -0.39 is 0 Å². The Morgan fingerprint density at radius 3 is 2.65 bits per heavy atom. The topological polar surface area (TPSA) is 60.0 Å². The van der Waals surface area contributed by atoms with Crippen LogP contribution in [-0.4, -0.2) is 56.6 Å². The van der Waals surface area contributed by atoms with Crippen molar-refractivity contribution in [2.75, 3.05) is 40.0 Å². The summed E-state index contributed by atoms with van der Waals surface area (Å²) in [6.45, 7) is 3.89. The smallest absolute Gasteiger partial charge is 0.234 e. The van der Waals surface area contributed by atoms with Crippen molar-refractivity contribution >= 4 is 5.91 Å². The number of carbonyl (C=O) groups is 1. The number of hydrogen-bond donors (Lipinski definition) is 1. The van der Waals surface area contributed by atoms with Crippen molar-refractivity contribution in [2.24, 2.45) is 0 Å². The largest absolute Gasteiger partial charge is 0.496 e. The summed E-state index contributed by atoms with van der Waals surface area (Å²) in [7, 11) is 1.64. The monoisotopic (exact) mass is 320 g/mol. The van der Waals surface area contributed by atoms with Gasteiger partial charge in [0.1, 0.15) is 5.75 Å². The molecule has 1 aromatic rings. The molecule has 0 aromatic heterocycles. The molecule has 2 aliphatic rings. The molecule has 23 heavy (non-hydrogen) atoms. The number of likely N-dealkylation sites (tertiary alicyclic amines) is 1. The van der Waals surface area contributed by atoms with E-state index in [1.807, 2.05) is 24.3 Å². The van der Waals surface area contributed by atoms with Crippen LogP contribution in [-0.2, 0) is 20.8 Å². The van der Waals surface area contributed by atoms with Crippen LogP contribution in [0.25, 0.3) is 0 Å². The minimum absolute atomic E-state index is 0.0279. The fraction of sp³-hybridized carbons (Fsp3) is 0.588. The average molecular weight is 320 g/mol. The molecule has 1 spiro atoms. The van der Waals surface area contributed by atoms with Gasteiger partial charge in [0.2, 0.25) is 5.91 Å². The molecular formula is C17H24N2O4. The summed E-state index contributed by atoms with van der Waals surface area (Å²) in [5.41, 5.74) is 0.980. The summed E-state index contributed by atoms with van der Waals surface area (Å²) in [6, 6.07) is 7.71. The Hall–Kier alpha value is -1.63. The Labute approximate surface area is 136 Å². The molecular weight excluding hydrogens is 296 g/mol. The van der Waals surface area contributed by atoms with Crippen molar-refractivity contribution < 1.29 is 19.0 Å². The number of nitrogens with one attached hydrogen (secondary N) is 1. The van der Waals surface area contributed by atoms with E-state index in [9.17, 15) is 4.79 Å². The third-order valence-corrected chi connectivity index (χ3v) is 4.47. The normalized spacial score (nSPS) is 20.6. The van der Waals surface area contributed by atoms with Gasteiger partial charge in [-0.3, -0.25) is 9.69 Å². The Morgan fingerprint density at radius 2 is 1.96 bits per heavy atom. The lowest BCUT2D eigenvalue weighted by molar-refractivity contribution is -0.185. The number of nitrogens with zero attached hydrogens (tertiary/aromatic N) is 1. The highest BCUT2D eigenvalue weighted by atomic mass is 16.7. The van der Waals surface area contributed by atoms with E-state index in [1.54, 1.807) is 7.11 Å². The van der Waals surface area contributed by atoms with Crippen LogP contribution >= 0.6 is 0 Å². The highest BCUT2D eigenvalue weighted by Crippen LogP contribution is 2.31. The standard InChI is InChI=1S/C17H24N2O4/c1-21-15-5-3-2-4-14(15)12-18-16(20)13-19-8-6-17(7-9-19)22-10-11-23-17/h2-5H,6-13H2,1H3,(H,18,20). The lowest BCUT2D eigenvalue weighted by atomic mass is 10.0. The molecule has 1 aromatic carbocycles. The second-order valence-corrected chi connectivity index (χ2v) is 5.97. The van der Waals surface area contributed by atoms with Gasteiger partial charge in [-0.1, -0.05) is 18.2 Å². The first-order chi connectivity index (χ1) is 11.2. The van der Waals surface area contributed by atoms with Crippen LogP contribution in [0.15, 0.2) is 24.3 Å². The quantitative estimate of drug-likeness (QED) is 0.882. The molecule has 0 radical (unpaired) electrons. The zero-order chi connectivity index (χ0) is 16.1. The first kappa shape index (κ1) is 16.2. The minimum Gasteiger partial charge on any atom is -0.496 e. The first-order valence-corrected chi connectivity index (χ1v) is 8.10. The Morgan fingerprint density at radius 1 is 1.26 bits per heavy atom. The van der Waals surface area contributed by atoms with E-state index >= 15 is 0 Å². The fourth-order valence-corrected chi connectivity index (χ4v) is 3.14. The van der Waals surface area contributed by atoms with Gasteiger partial charge in [-0.2, -0.15) is 0 Å². The molecule has 2 saturated heterocycles. The molecule has 3 rings (SSSR count). The van der Waals surface area contributed by atoms with Gasteiger partial charge >= 0.3 is 0 Å². The molecule has 6 nitrogen and oxygen atoms in total. The molecule has 0 saturated carbocycles. The lowest BCUT2D eigenvalue weighted by Crippen LogP contribution is -2.48. The minimum atomic E-state index is -0.385. The van der Waals surface area contributed by atoms with Crippen LogP contribution in [0.1, 0.15) is 18.4 Å². The molecule has 2 heterocycles. The lowest BCUT2D eigenvalue weighted by Gasteiger charge is -2.37. The molecule has 1 amide bonds. The Balaban J connectivity index is 1.43. The number of methoxy groups -OCH3 is 1. The van der Waals surface area contributed by atoms with Gasteiger partial charge < -0.3 is 19.5 Å². The Bertz CT molecular complexity index is 533. The van der Waals surface area contributed by atoms with E-state index in [0.717, 1.165) is 37.2 Å². The summed E-state index contributed by atoms with van der Waals surface area (Å²) < 4.78 is 16.7. The summed E-state index contributed by atoms with van der Waals surface area (Å²) in [6.07, 6.45) is 1.65. The molecule has 2 aliphatic heterocycles. The van der Waals surface area contributed by atoms with E-state index in [2.05, 4.69) is 10.2 Å². The zero-order valence-corrected chi connectivity index (χ0v) is 13.5. The summed E-state index contributed by atoms with van der Waals surface area (Å²) >= 11 is 0. The number of hydrogen-bond acceptors (Lipinski definition) is 5. The van der Waals surface area contributed by atoms with Gasteiger partial charge in [0, 0.05) is 38.0 Å². The Kier molecular flexibility index (Phi) is 5.15. The molecule has 0 bridgehead atoms. The van der Waals surface area contributed by atoms with Crippen LogP contribution in [0.4, 0.5) is 0 Å². The summed E-state index contributed by atoms with van der Waals surface area (Å²) in [5.74, 6) is 0.438. The second-order valence-electron chi connectivity index (χ2n) is 5.97. The second kappa shape index (κ2) is 7.29. The summed E-state index contributed by atoms with van der Waals surface area (Å²) in [4.78, 5) is 14.3.